The first kappa shape index (κ1) is 11.5. The van der Waals surface area contributed by atoms with Gasteiger partial charge in [0.05, 0.1) is 5.69 Å². The summed E-state index contributed by atoms with van der Waals surface area (Å²) in [6.07, 6.45) is 0. The van der Waals surface area contributed by atoms with E-state index in [4.69, 9.17) is 4.84 Å². The molecule has 94 valence electrons. The zero-order chi connectivity index (χ0) is 13.2. The summed E-state index contributed by atoms with van der Waals surface area (Å²) in [6, 6.07) is 18.2. The molecule has 0 radical (unpaired) electrons. The Kier molecular flexibility index (Phi) is 2.80. The summed E-state index contributed by atoms with van der Waals surface area (Å²) in [5.74, 6) is -0.364. The molecule has 3 aromatic rings. The molecule has 3 rings (SSSR count). The van der Waals surface area contributed by atoms with E-state index in [0.717, 1.165) is 27.2 Å². The number of carbonyl (C=O) groups is 1. The van der Waals surface area contributed by atoms with Gasteiger partial charge in [0.2, 0.25) is 0 Å². The van der Waals surface area contributed by atoms with Crippen molar-refractivity contribution >= 4 is 33.2 Å². The Hall–Kier alpha value is -2.55. The fourth-order valence-electron chi connectivity index (χ4n) is 2.25. The second kappa shape index (κ2) is 4.61. The van der Waals surface area contributed by atoms with Gasteiger partial charge in [0.1, 0.15) is 0 Å². The molecule has 0 amide bonds. The maximum atomic E-state index is 11.0. The number of hydrogen-bond acceptors (Lipinski definition) is 3. The highest BCUT2D eigenvalue weighted by Crippen LogP contribution is 2.32. The fraction of sp³-hybridized carbons (Fsp3) is 0.0625. The second-order valence-corrected chi connectivity index (χ2v) is 4.39. The molecular weight excluding hydrogens is 238 g/mol. The molecule has 3 aromatic carbocycles. The van der Waals surface area contributed by atoms with Crippen LogP contribution >= 0.6 is 0 Å². The molecule has 0 aliphatic carbocycles. The highest BCUT2D eigenvalue weighted by atomic mass is 16.7. The Morgan fingerprint density at radius 1 is 0.947 bits per heavy atom. The molecule has 0 bridgehead atoms. The molecule has 0 aliphatic rings. The van der Waals surface area contributed by atoms with Crippen LogP contribution in [0.4, 0.5) is 5.69 Å². The summed E-state index contributed by atoms with van der Waals surface area (Å²) < 4.78 is 0. The average molecular weight is 251 g/mol. The smallest absolute Gasteiger partial charge is 0.329 e. The topological polar surface area (TPSA) is 38.3 Å². The van der Waals surface area contributed by atoms with E-state index in [9.17, 15) is 4.79 Å². The van der Waals surface area contributed by atoms with E-state index < -0.39 is 0 Å². The molecule has 0 fully saturated rings. The van der Waals surface area contributed by atoms with E-state index >= 15 is 0 Å². The third kappa shape index (κ3) is 2.10. The second-order valence-electron chi connectivity index (χ2n) is 4.39. The average Bonchev–Trinajstić information content (AvgIpc) is 2.43. The number of benzene rings is 3. The predicted molar refractivity (Wildman–Crippen MR) is 76.8 cm³/mol. The van der Waals surface area contributed by atoms with Crippen molar-refractivity contribution < 1.29 is 9.63 Å². The number of carbonyl (C=O) groups excluding carboxylic acids is 1. The monoisotopic (exact) mass is 251 g/mol. The maximum absolute atomic E-state index is 11.0. The van der Waals surface area contributed by atoms with Crippen molar-refractivity contribution in [1.29, 1.82) is 0 Å². The lowest BCUT2D eigenvalue weighted by atomic mass is 10.0. The van der Waals surface area contributed by atoms with Crippen LogP contribution in [-0.4, -0.2) is 5.97 Å². The largest absolute Gasteiger partial charge is 0.344 e. The van der Waals surface area contributed by atoms with Gasteiger partial charge in [-0.05, 0) is 16.8 Å². The van der Waals surface area contributed by atoms with Crippen LogP contribution in [0.25, 0.3) is 21.5 Å². The van der Waals surface area contributed by atoms with E-state index in [1.807, 2.05) is 48.5 Å². The number of nitrogens with one attached hydrogen (secondary N) is 1. The lowest BCUT2D eigenvalue weighted by Crippen LogP contribution is -2.07. The molecule has 3 nitrogen and oxygen atoms in total. The Labute approximate surface area is 110 Å². The van der Waals surface area contributed by atoms with Crippen molar-refractivity contribution in [3.8, 4) is 0 Å². The molecule has 1 N–H and O–H groups in total. The van der Waals surface area contributed by atoms with Crippen molar-refractivity contribution in [1.82, 2.24) is 0 Å². The first-order valence-corrected chi connectivity index (χ1v) is 6.09. The molecule has 19 heavy (non-hydrogen) atoms. The van der Waals surface area contributed by atoms with Crippen molar-refractivity contribution in [3.63, 3.8) is 0 Å². The number of anilines is 1. The first-order chi connectivity index (χ1) is 9.25. The van der Waals surface area contributed by atoms with Crippen molar-refractivity contribution in [2.75, 3.05) is 5.48 Å². The minimum atomic E-state index is -0.364. The van der Waals surface area contributed by atoms with Crippen LogP contribution in [0.2, 0.25) is 0 Å². The van der Waals surface area contributed by atoms with Crippen LogP contribution in [0.1, 0.15) is 6.92 Å². The zero-order valence-corrected chi connectivity index (χ0v) is 10.5. The third-order valence-corrected chi connectivity index (χ3v) is 3.07. The fourth-order valence-corrected chi connectivity index (χ4v) is 2.25. The zero-order valence-electron chi connectivity index (χ0n) is 10.5. The van der Waals surface area contributed by atoms with E-state index in [-0.39, 0.29) is 5.97 Å². The minimum absolute atomic E-state index is 0.364. The molecule has 0 aliphatic heterocycles. The van der Waals surface area contributed by atoms with Gasteiger partial charge in [-0.1, -0.05) is 48.5 Å². The van der Waals surface area contributed by atoms with Crippen LogP contribution in [0.5, 0.6) is 0 Å². The molecule has 0 saturated carbocycles. The van der Waals surface area contributed by atoms with E-state index in [1.54, 1.807) is 0 Å². The van der Waals surface area contributed by atoms with E-state index in [0.29, 0.717) is 0 Å². The molecule has 0 spiro atoms. The highest BCUT2D eigenvalue weighted by Gasteiger charge is 2.07. The predicted octanol–water partition coefficient (Wildman–Crippen LogP) is 3.88. The Balaban J connectivity index is 2.29. The number of rotatable bonds is 2. The summed E-state index contributed by atoms with van der Waals surface area (Å²) in [7, 11) is 0. The summed E-state index contributed by atoms with van der Waals surface area (Å²) in [4.78, 5) is 16.0. The van der Waals surface area contributed by atoms with Gasteiger partial charge in [0.15, 0.2) is 0 Å². The van der Waals surface area contributed by atoms with Crippen LogP contribution in [0, 0.1) is 0 Å². The lowest BCUT2D eigenvalue weighted by molar-refractivity contribution is -0.137. The highest BCUT2D eigenvalue weighted by molar-refractivity contribution is 6.10. The van der Waals surface area contributed by atoms with Gasteiger partial charge in [-0.3, -0.25) is 4.79 Å². The van der Waals surface area contributed by atoms with Gasteiger partial charge >= 0.3 is 5.97 Å². The van der Waals surface area contributed by atoms with Gasteiger partial charge < -0.3 is 4.84 Å². The Morgan fingerprint density at radius 3 is 2.00 bits per heavy atom. The minimum Gasteiger partial charge on any atom is -0.344 e. The lowest BCUT2D eigenvalue weighted by Gasteiger charge is -2.12. The standard InChI is InChI=1S/C16H13NO2/c1-11(18)19-17-16-14-8-4-2-6-12(14)10-13-7-3-5-9-15(13)16/h2-10,17H,1H3. The molecule has 0 unspecified atom stereocenters. The van der Waals surface area contributed by atoms with Crippen LogP contribution in [0.3, 0.4) is 0 Å². The molecule has 0 atom stereocenters. The van der Waals surface area contributed by atoms with Gasteiger partial charge in [-0.15, -0.1) is 0 Å². The van der Waals surface area contributed by atoms with Gasteiger partial charge in [0, 0.05) is 17.7 Å². The van der Waals surface area contributed by atoms with Gasteiger partial charge in [-0.2, -0.15) is 0 Å². The summed E-state index contributed by atoms with van der Waals surface area (Å²) in [5.41, 5.74) is 3.60. The first-order valence-electron chi connectivity index (χ1n) is 6.09. The van der Waals surface area contributed by atoms with Crippen molar-refractivity contribution in [2.45, 2.75) is 6.92 Å². The van der Waals surface area contributed by atoms with E-state index in [2.05, 4.69) is 11.5 Å². The van der Waals surface area contributed by atoms with Crippen molar-refractivity contribution in [2.24, 2.45) is 0 Å². The molecule has 0 aromatic heterocycles. The number of hydrogen-bond donors (Lipinski definition) is 1. The van der Waals surface area contributed by atoms with Gasteiger partial charge in [-0.25, -0.2) is 5.48 Å². The molecule has 0 heterocycles. The maximum Gasteiger partial charge on any atom is 0.329 e. The summed E-state index contributed by atoms with van der Waals surface area (Å²) in [5, 5.41) is 4.27. The molecule has 0 saturated heterocycles. The quantitative estimate of drug-likeness (QED) is 0.554. The van der Waals surface area contributed by atoms with Crippen molar-refractivity contribution in [3.05, 3.63) is 54.6 Å². The van der Waals surface area contributed by atoms with E-state index in [1.165, 1.54) is 6.92 Å². The summed E-state index contributed by atoms with van der Waals surface area (Å²) >= 11 is 0. The van der Waals surface area contributed by atoms with Crippen LogP contribution in [0.15, 0.2) is 54.6 Å². The molecular formula is C16H13NO2. The Bertz CT molecular complexity index is 711. The Morgan fingerprint density at radius 2 is 1.47 bits per heavy atom. The SMILES string of the molecule is CC(=O)ONc1c2ccccc2cc2ccccc12. The number of fused-ring (bicyclic) bond motifs is 2. The van der Waals surface area contributed by atoms with Crippen LogP contribution < -0.4 is 5.48 Å². The van der Waals surface area contributed by atoms with Crippen LogP contribution in [-0.2, 0) is 9.63 Å². The normalized spacial score (nSPS) is 10.6. The third-order valence-electron chi connectivity index (χ3n) is 3.07. The van der Waals surface area contributed by atoms with Gasteiger partial charge in [0.25, 0.3) is 0 Å². The molecule has 3 heteroatoms. The summed E-state index contributed by atoms with van der Waals surface area (Å²) in [6.45, 7) is 1.38.